The fourth-order valence-electron chi connectivity index (χ4n) is 1.78. The SMILES string of the molecule is COCCNCc1cc2c(cc1OCCF)OCO2. The van der Waals surface area contributed by atoms with E-state index in [0.29, 0.717) is 30.4 Å². The van der Waals surface area contributed by atoms with E-state index < -0.39 is 6.67 Å². The van der Waals surface area contributed by atoms with Crippen molar-refractivity contribution in [3.05, 3.63) is 17.7 Å². The maximum atomic E-state index is 12.2. The van der Waals surface area contributed by atoms with Crippen LogP contribution in [0.15, 0.2) is 12.1 Å². The number of halogens is 1. The minimum atomic E-state index is -0.523. The Bertz CT molecular complexity index is 414. The van der Waals surface area contributed by atoms with Gasteiger partial charge in [-0.25, -0.2) is 4.39 Å². The van der Waals surface area contributed by atoms with Crippen LogP contribution in [-0.4, -0.2) is 40.3 Å². The van der Waals surface area contributed by atoms with Crippen molar-refractivity contribution in [2.45, 2.75) is 6.54 Å². The van der Waals surface area contributed by atoms with Crippen molar-refractivity contribution in [1.29, 1.82) is 0 Å². The molecule has 0 amide bonds. The fourth-order valence-corrected chi connectivity index (χ4v) is 1.78. The van der Waals surface area contributed by atoms with Crippen LogP contribution in [0.25, 0.3) is 0 Å². The van der Waals surface area contributed by atoms with E-state index in [-0.39, 0.29) is 13.4 Å². The second-order valence-corrected chi connectivity index (χ2v) is 4.02. The maximum absolute atomic E-state index is 12.2. The van der Waals surface area contributed by atoms with Gasteiger partial charge in [0.25, 0.3) is 0 Å². The van der Waals surface area contributed by atoms with Gasteiger partial charge in [0.2, 0.25) is 6.79 Å². The number of ether oxygens (including phenoxy) is 4. The van der Waals surface area contributed by atoms with Crippen molar-refractivity contribution in [3.63, 3.8) is 0 Å². The molecule has 0 saturated carbocycles. The molecule has 0 radical (unpaired) electrons. The lowest BCUT2D eigenvalue weighted by molar-refractivity contribution is 0.173. The van der Waals surface area contributed by atoms with Crippen LogP contribution in [0.1, 0.15) is 5.56 Å². The van der Waals surface area contributed by atoms with E-state index in [2.05, 4.69) is 5.32 Å². The first-order chi connectivity index (χ1) is 9.35. The summed E-state index contributed by atoms with van der Waals surface area (Å²) in [7, 11) is 1.65. The Morgan fingerprint density at radius 2 is 2.05 bits per heavy atom. The van der Waals surface area contributed by atoms with Gasteiger partial charge in [0.15, 0.2) is 11.5 Å². The van der Waals surface area contributed by atoms with E-state index in [9.17, 15) is 4.39 Å². The average Bonchev–Trinajstić information content (AvgIpc) is 2.88. The van der Waals surface area contributed by atoms with Gasteiger partial charge >= 0.3 is 0 Å². The molecule has 0 aliphatic carbocycles. The first-order valence-corrected chi connectivity index (χ1v) is 6.16. The Labute approximate surface area is 111 Å². The van der Waals surface area contributed by atoms with Crippen LogP contribution in [0.5, 0.6) is 17.2 Å². The Hall–Kier alpha value is -1.53. The normalized spacial score (nSPS) is 12.7. The van der Waals surface area contributed by atoms with Crippen molar-refractivity contribution in [3.8, 4) is 17.2 Å². The van der Waals surface area contributed by atoms with Gasteiger partial charge in [-0.15, -0.1) is 0 Å². The molecule has 0 fully saturated rings. The molecule has 0 spiro atoms. The quantitative estimate of drug-likeness (QED) is 0.726. The third-order valence-electron chi connectivity index (χ3n) is 2.69. The van der Waals surface area contributed by atoms with Gasteiger partial charge in [0.05, 0.1) is 6.61 Å². The molecule has 1 aliphatic rings. The number of methoxy groups -OCH3 is 1. The van der Waals surface area contributed by atoms with E-state index in [4.69, 9.17) is 18.9 Å². The lowest BCUT2D eigenvalue weighted by Gasteiger charge is -2.12. The molecule has 1 N–H and O–H groups in total. The average molecular weight is 271 g/mol. The van der Waals surface area contributed by atoms with Crippen molar-refractivity contribution in [2.75, 3.05) is 40.3 Å². The van der Waals surface area contributed by atoms with Crippen LogP contribution in [0, 0.1) is 0 Å². The van der Waals surface area contributed by atoms with Crippen molar-refractivity contribution in [2.24, 2.45) is 0 Å². The van der Waals surface area contributed by atoms with Crippen LogP contribution in [0.3, 0.4) is 0 Å². The lowest BCUT2D eigenvalue weighted by atomic mass is 10.1. The van der Waals surface area contributed by atoms with Gasteiger partial charge < -0.3 is 24.3 Å². The number of hydrogen-bond acceptors (Lipinski definition) is 5. The van der Waals surface area contributed by atoms with Crippen LogP contribution >= 0.6 is 0 Å². The molecule has 0 aromatic heterocycles. The zero-order chi connectivity index (χ0) is 13.5. The van der Waals surface area contributed by atoms with Gasteiger partial charge in [-0.1, -0.05) is 0 Å². The molecule has 106 valence electrons. The highest BCUT2D eigenvalue weighted by atomic mass is 19.1. The molecule has 6 heteroatoms. The number of hydrogen-bond donors (Lipinski definition) is 1. The highest BCUT2D eigenvalue weighted by molar-refractivity contribution is 5.51. The molecule has 0 bridgehead atoms. The largest absolute Gasteiger partial charge is 0.490 e. The van der Waals surface area contributed by atoms with E-state index in [0.717, 1.165) is 12.1 Å². The summed E-state index contributed by atoms with van der Waals surface area (Å²) in [5, 5.41) is 3.22. The molecule has 1 heterocycles. The van der Waals surface area contributed by atoms with Crippen molar-refractivity contribution >= 4 is 0 Å². The summed E-state index contributed by atoms with van der Waals surface area (Å²) in [5.41, 5.74) is 0.911. The van der Waals surface area contributed by atoms with Crippen molar-refractivity contribution in [1.82, 2.24) is 5.32 Å². The zero-order valence-electron chi connectivity index (χ0n) is 10.9. The molecular formula is C13H18FNO4. The minimum absolute atomic E-state index is 0.0325. The van der Waals surface area contributed by atoms with Crippen molar-refractivity contribution < 1.29 is 23.3 Å². The summed E-state index contributed by atoms with van der Waals surface area (Å²) in [6.45, 7) is 1.68. The Balaban J connectivity index is 2.05. The van der Waals surface area contributed by atoms with Crippen LogP contribution < -0.4 is 19.5 Å². The van der Waals surface area contributed by atoms with Gasteiger partial charge in [0.1, 0.15) is 19.0 Å². The number of alkyl halides is 1. The lowest BCUT2D eigenvalue weighted by Crippen LogP contribution is -2.19. The third kappa shape index (κ3) is 3.71. The molecule has 0 saturated heterocycles. The van der Waals surface area contributed by atoms with E-state index in [1.165, 1.54) is 0 Å². The molecule has 1 aromatic rings. The molecule has 0 unspecified atom stereocenters. The number of benzene rings is 1. The van der Waals surface area contributed by atoms with Gasteiger partial charge in [0, 0.05) is 31.8 Å². The smallest absolute Gasteiger partial charge is 0.231 e. The number of fused-ring (bicyclic) bond motifs is 1. The molecule has 1 aromatic carbocycles. The summed E-state index contributed by atoms with van der Waals surface area (Å²) in [5.74, 6) is 1.94. The van der Waals surface area contributed by atoms with Gasteiger partial charge in [-0.2, -0.15) is 0 Å². The summed E-state index contributed by atoms with van der Waals surface area (Å²) in [6.07, 6.45) is 0. The standard InChI is InChI=1S/C13H18FNO4/c1-16-5-3-15-8-10-6-12-13(19-9-18-12)7-11(10)17-4-2-14/h6-7,15H,2-5,8-9H2,1H3. The summed E-state index contributed by atoms with van der Waals surface area (Å²) in [4.78, 5) is 0. The molecule has 5 nitrogen and oxygen atoms in total. The Morgan fingerprint density at radius 1 is 1.26 bits per heavy atom. The first kappa shape index (κ1) is 13.9. The van der Waals surface area contributed by atoms with Crippen LogP contribution in [0.4, 0.5) is 4.39 Å². The predicted molar refractivity (Wildman–Crippen MR) is 67.6 cm³/mol. The highest BCUT2D eigenvalue weighted by Crippen LogP contribution is 2.38. The molecule has 2 rings (SSSR count). The highest BCUT2D eigenvalue weighted by Gasteiger charge is 2.17. The van der Waals surface area contributed by atoms with Gasteiger partial charge in [-0.05, 0) is 6.07 Å². The first-order valence-electron chi connectivity index (χ1n) is 6.16. The van der Waals surface area contributed by atoms with Crippen LogP contribution in [-0.2, 0) is 11.3 Å². The zero-order valence-corrected chi connectivity index (χ0v) is 10.9. The summed E-state index contributed by atoms with van der Waals surface area (Å²) in [6, 6.07) is 3.60. The van der Waals surface area contributed by atoms with E-state index >= 15 is 0 Å². The second kappa shape index (κ2) is 7.16. The molecule has 19 heavy (non-hydrogen) atoms. The van der Waals surface area contributed by atoms with Gasteiger partial charge in [-0.3, -0.25) is 0 Å². The van der Waals surface area contributed by atoms with E-state index in [1.807, 2.05) is 6.07 Å². The number of rotatable bonds is 8. The van der Waals surface area contributed by atoms with Crippen LogP contribution in [0.2, 0.25) is 0 Å². The summed E-state index contributed by atoms with van der Waals surface area (Å²) < 4.78 is 33.2. The Morgan fingerprint density at radius 3 is 2.79 bits per heavy atom. The fraction of sp³-hybridized carbons (Fsp3) is 0.538. The Kier molecular flexibility index (Phi) is 5.23. The minimum Gasteiger partial charge on any atom is -0.490 e. The topological polar surface area (TPSA) is 49.0 Å². The maximum Gasteiger partial charge on any atom is 0.231 e. The summed E-state index contributed by atoms with van der Waals surface area (Å²) >= 11 is 0. The number of nitrogens with one attached hydrogen (secondary N) is 1. The predicted octanol–water partition coefficient (Wildman–Crippen LogP) is 1.50. The van der Waals surface area contributed by atoms with E-state index in [1.54, 1.807) is 13.2 Å². The molecule has 0 atom stereocenters. The third-order valence-corrected chi connectivity index (χ3v) is 2.69. The molecular weight excluding hydrogens is 253 g/mol. The monoisotopic (exact) mass is 271 g/mol. The molecule has 1 aliphatic heterocycles. The second-order valence-electron chi connectivity index (χ2n) is 4.02.